The predicted octanol–water partition coefficient (Wildman–Crippen LogP) is 3.09. The molecule has 160 valence electrons. The van der Waals surface area contributed by atoms with Crippen LogP contribution in [0.3, 0.4) is 0 Å². The summed E-state index contributed by atoms with van der Waals surface area (Å²) in [6.45, 7) is 1.27. The minimum atomic E-state index is -1.09. The van der Waals surface area contributed by atoms with E-state index in [1.54, 1.807) is 18.2 Å². The highest BCUT2D eigenvalue weighted by atomic mass is 16.6. The molecule has 0 spiro atoms. The van der Waals surface area contributed by atoms with Crippen molar-refractivity contribution in [1.29, 1.82) is 5.26 Å². The summed E-state index contributed by atoms with van der Waals surface area (Å²) in [5.41, 5.74) is 0.838. The maximum atomic E-state index is 12.1. The van der Waals surface area contributed by atoms with Crippen LogP contribution in [-0.2, 0) is 14.3 Å². The normalized spacial score (nSPS) is 11.3. The Morgan fingerprint density at radius 1 is 1.23 bits per heavy atom. The lowest BCUT2D eigenvalue weighted by molar-refractivity contribution is -0.384. The number of carbonyl (C=O) groups is 2. The molecule has 0 saturated carbocycles. The first kappa shape index (κ1) is 22.9. The first-order valence-corrected chi connectivity index (χ1v) is 8.96. The van der Waals surface area contributed by atoms with E-state index in [1.807, 2.05) is 6.07 Å². The summed E-state index contributed by atoms with van der Waals surface area (Å²) in [6.07, 6.45) is 1.53. The van der Waals surface area contributed by atoms with E-state index in [-0.39, 0.29) is 12.3 Å². The van der Waals surface area contributed by atoms with Gasteiger partial charge in [0.05, 0.1) is 12.0 Å². The zero-order chi connectivity index (χ0) is 22.8. The van der Waals surface area contributed by atoms with Crippen LogP contribution in [-0.4, -0.2) is 36.6 Å². The molecule has 1 unspecified atom stereocenters. The van der Waals surface area contributed by atoms with Crippen LogP contribution < -0.4 is 14.8 Å². The molecule has 10 nitrogen and oxygen atoms in total. The smallest absolute Gasteiger partial charge is 0.331 e. The van der Waals surface area contributed by atoms with Crippen LogP contribution >= 0.6 is 0 Å². The van der Waals surface area contributed by atoms with Gasteiger partial charge in [0, 0.05) is 23.9 Å². The van der Waals surface area contributed by atoms with Crippen molar-refractivity contribution in [3.63, 3.8) is 0 Å². The second-order valence-electron chi connectivity index (χ2n) is 6.06. The van der Waals surface area contributed by atoms with Crippen LogP contribution in [0.15, 0.2) is 48.5 Å². The van der Waals surface area contributed by atoms with Gasteiger partial charge in [-0.15, -0.1) is 0 Å². The van der Waals surface area contributed by atoms with Crippen LogP contribution in [0.1, 0.15) is 12.5 Å². The average Bonchev–Trinajstić information content (AvgIpc) is 2.76. The largest absolute Gasteiger partial charge is 0.493 e. The predicted molar refractivity (Wildman–Crippen MR) is 110 cm³/mol. The molecular weight excluding hydrogens is 406 g/mol. The van der Waals surface area contributed by atoms with E-state index >= 15 is 0 Å². The molecule has 0 aliphatic rings. The Kier molecular flexibility index (Phi) is 8.10. The number of nitrogens with zero attached hydrogens (tertiary/aromatic N) is 2. The number of benzene rings is 2. The molecular formula is C21H19N3O7. The summed E-state index contributed by atoms with van der Waals surface area (Å²) in [5.74, 6) is -0.548. The van der Waals surface area contributed by atoms with Gasteiger partial charge in [-0.2, -0.15) is 5.26 Å². The third-order valence-electron chi connectivity index (χ3n) is 3.90. The van der Waals surface area contributed by atoms with Crippen molar-refractivity contribution in [2.45, 2.75) is 13.0 Å². The van der Waals surface area contributed by atoms with Crippen LogP contribution in [0, 0.1) is 21.4 Å². The summed E-state index contributed by atoms with van der Waals surface area (Å²) in [7, 11) is 1.45. The van der Waals surface area contributed by atoms with Gasteiger partial charge in [-0.3, -0.25) is 14.9 Å². The van der Waals surface area contributed by atoms with Gasteiger partial charge in [-0.25, -0.2) is 4.79 Å². The van der Waals surface area contributed by atoms with Gasteiger partial charge >= 0.3 is 5.97 Å². The zero-order valence-electron chi connectivity index (χ0n) is 16.7. The van der Waals surface area contributed by atoms with Crippen LogP contribution in [0.5, 0.6) is 11.5 Å². The monoisotopic (exact) mass is 425 g/mol. The summed E-state index contributed by atoms with van der Waals surface area (Å²) in [5, 5.41) is 21.7. The Morgan fingerprint density at radius 3 is 2.55 bits per heavy atom. The average molecular weight is 425 g/mol. The van der Waals surface area contributed by atoms with Crippen LogP contribution in [0.4, 0.5) is 11.4 Å². The lowest BCUT2D eigenvalue weighted by atomic mass is 10.2. The first-order valence-electron chi connectivity index (χ1n) is 8.96. The number of esters is 1. The third kappa shape index (κ3) is 6.86. The van der Waals surface area contributed by atoms with Gasteiger partial charge in [0.25, 0.3) is 11.6 Å². The van der Waals surface area contributed by atoms with E-state index in [4.69, 9.17) is 19.5 Å². The molecule has 1 amide bonds. The molecule has 0 aromatic heterocycles. The number of ether oxygens (including phenoxy) is 3. The number of non-ortho nitro benzene ring substituents is 1. The Morgan fingerprint density at radius 2 is 1.94 bits per heavy atom. The van der Waals surface area contributed by atoms with Crippen molar-refractivity contribution in [3.05, 3.63) is 64.2 Å². The Bertz CT molecular complexity index is 1030. The zero-order valence-corrected chi connectivity index (χ0v) is 16.7. The number of nitrogens with one attached hydrogen (secondary N) is 1. The number of methoxy groups -OCH3 is 1. The molecule has 0 saturated heterocycles. The Balaban J connectivity index is 1.93. The number of nitriles is 1. The number of hydrogen-bond donors (Lipinski definition) is 1. The minimum absolute atomic E-state index is 0.107. The fourth-order valence-electron chi connectivity index (χ4n) is 2.36. The minimum Gasteiger partial charge on any atom is -0.493 e. The molecule has 2 aromatic rings. The maximum Gasteiger partial charge on any atom is 0.331 e. The number of rotatable bonds is 9. The fraction of sp³-hybridized carbons (Fsp3) is 0.190. The molecule has 0 aliphatic carbocycles. The topological polar surface area (TPSA) is 141 Å². The third-order valence-corrected chi connectivity index (χ3v) is 3.90. The Labute approximate surface area is 177 Å². The van der Waals surface area contributed by atoms with Crippen LogP contribution in [0.2, 0.25) is 0 Å². The van der Waals surface area contributed by atoms with E-state index in [0.29, 0.717) is 22.7 Å². The van der Waals surface area contributed by atoms with Crippen molar-refractivity contribution in [3.8, 4) is 17.6 Å². The molecule has 2 aromatic carbocycles. The van der Waals surface area contributed by atoms with Crippen molar-refractivity contribution in [2.24, 2.45) is 0 Å². The number of nitro benzene ring substituents is 1. The quantitative estimate of drug-likeness (QED) is 0.280. The van der Waals surface area contributed by atoms with E-state index in [1.165, 1.54) is 44.4 Å². The van der Waals surface area contributed by atoms with Crippen molar-refractivity contribution < 1.29 is 28.7 Å². The number of amides is 1. The van der Waals surface area contributed by atoms with Crippen LogP contribution in [0.25, 0.3) is 6.08 Å². The van der Waals surface area contributed by atoms with Gasteiger partial charge < -0.3 is 19.5 Å². The summed E-state index contributed by atoms with van der Waals surface area (Å²) in [4.78, 5) is 34.3. The fourth-order valence-corrected chi connectivity index (χ4v) is 2.36. The molecule has 2 rings (SSSR count). The first-order chi connectivity index (χ1) is 14.8. The van der Waals surface area contributed by atoms with E-state index < -0.39 is 22.9 Å². The van der Waals surface area contributed by atoms with Gasteiger partial charge in [-0.1, -0.05) is 6.07 Å². The highest BCUT2D eigenvalue weighted by Crippen LogP contribution is 2.28. The maximum absolute atomic E-state index is 12.1. The summed E-state index contributed by atoms with van der Waals surface area (Å²) >= 11 is 0. The lowest BCUT2D eigenvalue weighted by Gasteiger charge is -2.12. The van der Waals surface area contributed by atoms with E-state index in [2.05, 4.69) is 5.32 Å². The molecule has 0 bridgehead atoms. The molecule has 1 N–H and O–H groups in total. The molecule has 0 fully saturated rings. The van der Waals surface area contributed by atoms with E-state index in [9.17, 15) is 19.7 Å². The highest BCUT2D eigenvalue weighted by Gasteiger charge is 2.17. The number of carbonyl (C=O) groups excluding carboxylic acids is 2. The lowest BCUT2D eigenvalue weighted by Crippen LogP contribution is -2.29. The van der Waals surface area contributed by atoms with Crippen molar-refractivity contribution >= 4 is 29.3 Å². The van der Waals surface area contributed by atoms with Gasteiger partial charge in [0.2, 0.25) is 0 Å². The molecule has 0 heterocycles. The number of anilines is 1. The summed E-state index contributed by atoms with van der Waals surface area (Å²) < 4.78 is 15.5. The van der Waals surface area contributed by atoms with Crippen molar-refractivity contribution in [1.82, 2.24) is 0 Å². The second kappa shape index (κ2) is 11.0. The SMILES string of the molecule is COc1cc(/C=C/C(=O)OC(C)C(=O)Nc2ccc([N+](=O)[O-])cc2)ccc1OCC#N. The molecule has 0 radical (unpaired) electrons. The standard InChI is InChI=1S/C21H19N3O7/c1-14(21(26)23-16-5-7-17(8-6-16)24(27)28)31-20(25)10-4-15-3-9-18(30-12-11-22)19(13-15)29-2/h3-10,13-14H,12H2,1-2H3,(H,23,26)/b10-4+. The number of nitro groups is 1. The molecule has 0 aliphatic heterocycles. The molecule has 31 heavy (non-hydrogen) atoms. The van der Waals surface area contributed by atoms with Gasteiger partial charge in [-0.05, 0) is 42.8 Å². The molecule has 10 heteroatoms. The molecule has 1 atom stereocenters. The van der Waals surface area contributed by atoms with Gasteiger partial charge in [0.15, 0.2) is 24.2 Å². The van der Waals surface area contributed by atoms with Crippen molar-refractivity contribution in [2.75, 3.05) is 19.0 Å². The summed E-state index contributed by atoms with van der Waals surface area (Å²) in [6, 6.07) is 12.0. The van der Waals surface area contributed by atoms with Gasteiger partial charge in [0.1, 0.15) is 6.07 Å². The van der Waals surface area contributed by atoms with E-state index in [0.717, 1.165) is 6.08 Å². The Hall–Kier alpha value is -4.39. The second-order valence-corrected chi connectivity index (χ2v) is 6.06. The number of hydrogen-bond acceptors (Lipinski definition) is 8. The highest BCUT2D eigenvalue weighted by molar-refractivity contribution is 5.96.